The smallest absolute Gasteiger partial charge is 0.142 e. The fourth-order valence-corrected chi connectivity index (χ4v) is 2.01. The number of nitrogens with one attached hydrogen (secondary N) is 1. The molecule has 2 rings (SSSR count). The first-order valence-corrected chi connectivity index (χ1v) is 5.27. The number of rotatable bonds is 2. The fraction of sp³-hybridized carbons (Fsp3) is 0.200. The number of ether oxygens (including phenoxy) is 1. The second-order valence-corrected chi connectivity index (χ2v) is 3.59. The van der Waals surface area contributed by atoms with E-state index in [1.165, 1.54) is 10.3 Å². The van der Waals surface area contributed by atoms with Gasteiger partial charge < -0.3 is 9.72 Å². The standard InChI is InChI=1S/C10H11NOS/c1-12-8-5-3-4-7-9(13-2)6-11-10(7)8/h3-6,11H,1-2H3. The third kappa shape index (κ3) is 1.29. The Kier molecular flexibility index (Phi) is 2.19. The van der Waals surface area contributed by atoms with Crippen LogP contribution in [0.1, 0.15) is 0 Å². The summed E-state index contributed by atoms with van der Waals surface area (Å²) in [5.41, 5.74) is 1.08. The van der Waals surface area contributed by atoms with E-state index in [4.69, 9.17) is 4.74 Å². The molecule has 0 unspecified atom stereocenters. The number of hydrogen-bond acceptors (Lipinski definition) is 2. The molecule has 0 saturated heterocycles. The lowest BCUT2D eigenvalue weighted by Gasteiger charge is -2.00. The minimum Gasteiger partial charge on any atom is -0.495 e. The zero-order valence-corrected chi connectivity index (χ0v) is 8.44. The van der Waals surface area contributed by atoms with Gasteiger partial charge in [0.1, 0.15) is 5.75 Å². The van der Waals surface area contributed by atoms with E-state index in [0.29, 0.717) is 0 Å². The molecule has 0 aliphatic carbocycles. The molecular weight excluding hydrogens is 182 g/mol. The Hall–Kier alpha value is -1.09. The number of thioether (sulfide) groups is 1. The Balaban J connectivity index is 2.72. The van der Waals surface area contributed by atoms with Crippen LogP contribution in [0.25, 0.3) is 10.9 Å². The summed E-state index contributed by atoms with van der Waals surface area (Å²) in [4.78, 5) is 4.47. The highest BCUT2D eigenvalue weighted by atomic mass is 32.2. The maximum Gasteiger partial charge on any atom is 0.142 e. The Labute approximate surface area is 81.3 Å². The van der Waals surface area contributed by atoms with Crippen molar-refractivity contribution in [3.8, 4) is 5.75 Å². The Morgan fingerprint density at radius 2 is 2.23 bits per heavy atom. The van der Waals surface area contributed by atoms with Crippen LogP contribution in [0.4, 0.5) is 0 Å². The molecule has 0 spiro atoms. The van der Waals surface area contributed by atoms with E-state index in [1.807, 2.05) is 18.3 Å². The van der Waals surface area contributed by atoms with E-state index in [0.717, 1.165) is 11.3 Å². The molecule has 2 aromatic rings. The van der Waals surface area contributed by atoms with Crippen LogP contribution in [0.3, 0.4) is 0 Å². The predicted molar refractivity (Wildman–Crippen MR) is 56.6 cm³/mol. The van der Waals surface area contributed by atoms with Crippen molar-refractivity contribution >= 4 is 22.7 Å². The van der Waals surface area contributed by atoms with Crippen molar-refractivity contribution < 1.29 is 4.74 Å². The van der Waals surface area contributed by atoms with E-state index in [1.54, 1.807) is 18.9 Å². The van der Waals surface area contributed by atoms with Gasteiger partial charge in [0, 0.05) is 16.5 Å². The zero-order chi connectivity index (χ0) is 9.26. The highest BCUT2D eigenvalue weighted by Gasteiger charge is 2.05. The van der Waals surface area contributed by atoms with Gasteiger partial charge in [-0.25, -0.2) is 0 Å². The van der Waals surface area contributed by atoms with Gasteiger partial charge in [-0.3, -0.25) is 0 Å². The van der Waals surface area contributed by atoms with Crippen LogP contribution in [-0.2, 0) is 0 Å². The second-order valence-electron chi connectivity index (χ2n) is 2.74. The minimum atomic E-state index is 0.901. The van der Waals surface area contributed by atoms with Crippen molar-refractivity contribution in [2.45, 2.75) is 4.90 Å². The van der Waals surface area contributed by atoms with Crippen molar-refractivity contribution in [1.82, 2.24) is 4.98 Å². The third-order valence-electron chi connectivity index (χ3n) is 2.08. The number of methoxy groups -OCH3 is 1. The van der Waals surface area contributed by atoms with Crippen LogP contribution < -0.4 is 4.74 Å². The SMILES string of the molecule is COc1cccc2c(SC)c[nH]c12. The first-order chi connectivity index (χ1) is 6.36. The summed E-state index contributed by atoms with van der Waals surface area (Å²) in [6.45, 7) is 0. The molecule has 0 aliphatic rings. The topological polar surface area (TPSA) is 25.0 Å². The van der Waals surface area contributed by atoms with Crippen molar-refractivity contribution in [3.63, 3.8) is 0 Å². The lowest BCUT2D eigenvalue weighted by atomic mass is 10.2. The highest BCUT2D eigenvalue weighted by molar-refractivity contribution is 7.98. The monoisotopic (exact) mass is 193 g/mol. The molecule has 1 aromatic heterocycles. The molecule has 0 fully saturated rings. The number of aromatic nitrogens is 1. The molecule has 0 aliphatic heterocycles. The molecule has 0 bridgehead atoms. The number of benzene rings is 1. The van der Waals surface area contributed by atoms with E-state index < -0.39 is 0 Å². The van der Waals surface area contributed by atoms with Crippen molar-refractivity contribution in [2.24, 2.45) is 0 Å². The normalized spacial score (nSPS) is 10.6. The quantitative estimate of drug-likeness (QED) is 0.742. The molecule has 1 N–H and O–H groups in total. The van der Waals surface area contributed by atoms with Gasteiger partial charge in [-0.15, -0.1) is 11.8 Å². The molecule has 0 amide bonds. The maximum absolute atomic E-state index is 5.24. The molecule has 68 valence electrons. The zero-order valence-electron chi connectivity index (χ0n) is 7.63. The van der Waals surface area contributed by atoms with Crippen LogP contribution in [-0.4, -0.2) is 18.3 Å². The van der Waals surface area contributed by atoms with Gasteiger partial charge in [-0.05, 0) is 12.3 Å². The van der Waals surface area contributed by atoms with Gasteiger partial charge in [-0.1, -0.05) is 12.1 Å². The molecule has 3 heteroatoms. The number of fused-ring (bicyclic) bond motifs is 1. The largest absolute Gasteiger partial charge is 0.495 e. The number of H-pyrrole nitrogens is 1. The van der Waals surface area contributed by atoms with Crippen molar-refractivity contribution in [1.29, 1.82) is 0 Å². The highest BCUT2D eigenvalue weighted by Crippen LogP contribution is 2.31. The average molecular weight is 193 g/mol. The summed E-state index contributed by atoms with van der Waals surface area (Å²) in [6.07, 6.45) is 4.08. The molecule has 0 radical (unpaired) electrons. The Bertz CT molecular complexity index is 422. The first kappa shape index (κ1) is 8.51. The molecule has 1 aromatic carbocycles. The van der Waals surface area contributed by atoms with Crippen LogP contribution in [0, 0.1) is 0 Å². The van der Waals surface area contributed by atoms with Crippen LogP contribution in [0.5, 0.6) is 5.75 Å². The van der Waals surface area contributed by atoms with E-state index in [9.17, 15) is 0 Å². The van der Waals surface area contributed by atoms with Gasteiger partial charge >= 0.3 is 0 Å². The molecule has 1 heterocycles. The van der Waals surface area contributed by atoms with Gasteiger partial charge in [0.2, 0.25) is 0 Å². The third-order valence-corrected chi connectivity index (χ3v) is 2.86. The first-order valence-electron chi connectivity index (χ1n) is 4.05. The Morgan fingerprint density at radius 1 is 1.38 bits per heavy atom. The summed E-state index contributed by atoms with van der Waals surface area (Å²) in [6, 6.07) is 6.07. The lowest BCUT2D eigenvalue weighted by Crippen LogP contribution is -1.82. The number of aromatic amines is 1. The van der Waals surface area contributed by atoms with E-state index >= 15 is 0 Å². The molecule has 13 heavy (non-hydrogen) atoms. The van der Waals surface area contributed by atoms with Crippen molar-refractivity contribution in [2.75, 3.05) is 13.4 Å². The maximum atomic E-state index is 5.24. The number of para-hydroxylation sites is 1. The summed E-state index contributed by atoms with van der Waals surface area (Å²) in [5.74, 6) is 0.901. The van der Waals surface area contributed by atoms with Gasteiger partial charge in [0.15, 0.2) is 0 Å². The van der Waals surface area contributed by atoms with Crippen LogP contribution >= 0.6 is 11.8 Å². The number of hydrogen-bond donors (Lipinski definition) is 1. The second kappa shape index (κ2) is 3.34. The Morgan fingerprint density at radius 3 is 2.92 bits per heavy atom. The van der Waals surface area contributed by atoms with E-state index in [2.05, 4.69) is 17.3 Å². The molecular formula is C10H11NOS. The lowest BCUT2D eigenvalue weighted by molar-refractivity contribution is 0.419. The summed E-state index contributed by atoms with van der Waals surface area (Å²) >= 11 is 1.74. The summed E-state index contributed by atoms with van der Waals surface area (Å²) < 4.78 is 5.24. The fourth-order valence-electron chi connectivity index (χ4n) is 1.44. The summed E-state index contributed by atoms with van der Waals surface area (Å²) in [7, 11) is 1.69. The van der Waals surface area contributed by atoms with Crippen LogP contribution in [0.2, 0.25) is 0 Å². The average Bonchev–Trinajstić information content (AvgIpc) is 2.60. The van der Waals surface area contributed by atoms with Gasteiger partial charge in [0.05, 0.1) is 12.6 Å². The van der Waals surface area contributed by atoms with E-state index in [-0.39, 0.29) is 0 Å². The minimum absolute atomic E-state index is 0.901. The van der Waals surface area contributed by atoms with Gasteiger partial charge in [-0.2, -0.15) is 0 Å². The van der Waals surface area contributed by atoms with Gasteiger partial charge in [0.25, 0.3) is 0 Å². The summed E-state index contributed by atoms with van der Waals surface area (Å²) in [5, 5.41) is 1.23. The molecule has 0 atom stereocenters. The van der Waals surface area contributed by atoms with Crippen LogP contribution in [0.15, 0.2) is 29.3 Å². The molecule has 0 saturated carbocycles. The van der Waals surface area contributed by atoms with Crippen molar-refractivity contribution in [3.05, 3.63) is 24.4 Å². The predicted octanol–water partition coefficient (Wildman–Crippen LogP) is 2.90. The molecule has 2 nitrogen and oxygen atoms in total.